The molecule has 0 bridgehead atoms. The van der Waals surface area contributed by atoms with Crippen LogP contribution in [0.25, 0.3) is 0 Å². The summed E-state index contributed by atoms with van der Waals surface area (Å²) in [6.45, 7) is 3.21. The first-order chi connectivity index (χ1) is 13.8. The Hall–Kier alpha value is -2.33. The Balaban J connectivity index is 1.79. The average molecular weight is 421 g/mol. The second-order valence-corrected chi connectivity index (χ2v) is 7.56. The van der Waals surface area contributed by atoms with E-state index in [-0.39, 0.29) is 34.8 Å². The van der Waals surface area contributed by atoms with Crippen molar-refractivity contribution in [2.24, 2.45) is 0 Å². The molecule has 0 aliphatic rings. The molecule has 0 amide bonds. The molecular formula is C24H21ClF4. The van der Waals surface area contributed by atoms with Crippen molar-refractivity contribution in [2.45, 2.75) is 39.5 Å². The normalized spacial score (nSPS) is 11.1. The van der Waals surface area contributed by atoms with Gasteiger partial charge in [0.2, 0.25) is 0 Å². The summed E-state index contributed by atoms with van der Waals surface area (Å²) >= 11 is 6.43. The quantitative estimate of drug-likeness (QED) is 0.373. The van der Waals surface area contributed by atoms with Crippen LogP contribution in [-0.2, 0) is 25.7 Å². The lowest BCUT2D eigenvalue weighted by molar-refractivity contribution is 0.555. The van der Waals surface area contributed by atoms with Crippen LogP contribution in [0.4, 0.5) is 17.6 Å². The van der Waals surface area contributed by atoms with Gasteiger partial charge in [-0.2, -0.15) is 0 Å². The zero-order chi connectivity index (χ0) is 21.1. The maximum absolute atomic E-state index is 14.4. The smallest absolute Gasteiger partial charge is 0.132 e. The van der Waals surface area contributed by atoms with E-state index in [2.05, 4.69) is 0 Å². The van der Waals surface area contributed by atoms with E-state index in [0.717, 1.165) is 5.56 Å². The highest BCUT2D eigenvalue weighted by molar-refractivity contribution is 6.32. The fourth-order valence-corrected chi connectivity index (χ4v) is 3.82. The van der Waals surface area contributed by atoms with Gasteiger partial charge in [0.05, 0.1) is 0 Å². The maximum atomic E-state index is 14.4. The first-order valence-electron chi connectivity index (χ1n) is 9.42. The second-order valence-electron chi connectivity index (χ2n) is 7.18. The highest BCUT2D eigenvalue weighted by atomic mass is 35.5. The van der Waals surface area contributed by atoms with Crippen molar-refractivity contribution in [3.05, 3.63) is 104 Å². The van der Waals surface area contributed by atoms with Gasteiger partial charge in [-0.25, -0.2) is 17.6 Å². The van der Waals surface area contributed by atoms with Crippen molar-refractivity contribution in [3.63, 3.8) is 0 Å². The Morgan fingerprint density at radius 1 is 0.655 bits per heavy atom. The Bertz CT molecular complexity index is 1020. The van der Waals surface area contributed by atoms with Crippen LogP contribution in [0.1, 0.15) is 33.4 Å². The highest BCUT2D eigenvalue weighted by Crippen LogP contribution is 2.28. The number of hydrogen-bond donors (Lipinski definition) is 0. The van der Waals surface area contributed by atoms with Crippen molar-refractivity contribution < 1.29 is 17.6 Å². The van der Waals surface area contributed by atoms with Crippen molar-refractivity contribution in [2.75, 3.05) is 0 Å². The predicted octanol–water partition coefficient (Wildman–Crippen LogP) is 7.08. The van der Waals surface area contributed by atoms with Crippen LogP contribution in [0.2, 0.25) is 5.02 Å². The van der Waals surface area contributed by atoms with Gasteiger partial charge in [0.25, 0.3) is 0 Å². The predicted molar refractivity (Wildman–Crippen MR) is 108 cm³/mol. The van der Waals surface area contributed by atoms with Crippen molar-refractivity contribution >= 4 is 11.6 Å². The Labute approximate surface area is 173 Å². The minimum atomic E-state index is -0.618. The molecule has 5 heteroatoms. The van der Waals surface area contributed by atoms with E-state index in [0.29, 0.717) is 29.5 Å². The SMILES string of the molecule is Cc1cccc(F)c1CCc1ccc(F)c(CCc2ccc(F)c(C)c2F)c1Cl. The van der Waals surface area contributed by atoms with Crippen LogP contribution >= 0.6 is 11.6 Å². The molecule has 3 aromatic carbocycles. The van der Waals surface area contributed by atoms with Crippen LogP contribution in [0.5, 0.6) is 0 Å². The van der Waals surface area contributed by atoms with Crippen LogP contribution in [0, 0.1) is 37.1 Å². The summed E-state index contributed by atoms with van der Waals surface area (Å²) in [4.78, 5) is 0. The summed E-state index contributed by atoms with van der Waals surface area (Å²) in [6, 6.07) is 10.4. The number of benzene rings is 3. The maximum Gasteiger partial charge on any atom is 0.132 e. The van der Waals surface area contributed by atoms with Gasteiger partial charge in [-0.1, -0.05) is 35.9 Å². The molecule has 0 spiro atoms. The number of halogens is 5. The van der Waals surface area contributed by atoms with Gasteiger partial charge in [-0.05, 0) is 80.0 Å². The monoisotopic (exact) mass is 420 g/mol. The van der Waals surface area contributed by atoms with Gasteiger partial charge in [-0.3, -0.25) is 0 Å². The molecule has 0 aromatic heterocycles. The number of rotatable bonds is 6. The summed E-state index contributed by atoms with van der Waals surface area (Å²) in [5.41, 5.74) is 2.72. The zero-order valence-corrected chi connectivity index (χ0v) is 17.0. The van der Waals surface area contributed by atoms with Gasteiger partial charge in [0.1, 0.15) is 23.3 Å². The van der Waals surface area contributed by atoms with Crippen LogP contribution in [0.15, 0.2) is 42.5 Å². The van der Waals surface area contributed by atoms with Crippen LogP contribution in [0.3, 0.4) is 0 Å². The van der Waals surface area contributed by atoms with E-state index in [1.54, 1.807) is 12.1 Å². The third-order valence-electron chi connectivity index (χ3n) is 5.31. The molecule has 0 aliphatic carbocycles. The van der Waals surface area contributed by atoms with Crippen molar-refractivity contribution in [3.8, 4) is 0 Å². The topological polar surface area (TPSA) is 0 Å². The Kier molecular flexibility index (Phi) is 6.63. The Morgan fingerprint density at radius 3 is 1.97 bits per heavy atom. The first-order valence-corrected chi connectivity index (χ1v) is 9.80. The lowest BCUT2D eigenvalue weighted by Gasteiger charge is -2.13. The fraction of sp³-hybridized carbons (Fsp3) is 0.250. The molecule has 3 aromatic rings. The minimum Gasteiger partial charge on any atom is -0.207 e. The summed E-state index contributed by atoms with van der Waals surface area (Å²) < 4.78 is 56.1. The van der Waals surface area contributed by atoms with Gasteiger partial charge < -0.3 is 0 Å². The molecular weight excluding hydrogens is 400 g/mol. The van der Waals surface area contributed by atoms with E-state index in [9.17, 15) is 17.6 Å². The minimum absolute atomic E-state index is 0.0527. The molecule has 152 valence electrons. The lowest BCUT2D eigenvalue weighted by Crippen LogP contribution is -2.04. The molecule has 0 saturated carbocycles. The molecule has 3 rings (SSSR count). The molecule has 0 nitrogen and oxygen atoms in total. The van der Waals surface area contributed by atoms with E-state index in [4.69, 9.17) is 11.6 Å². The zero-order valence-electron chi connectivity index (χ0n) is 16.3. The fourth-order valence-electron chi connectivity index (χ4n) is 3.48. The molecule has 0 N–H and O–H groups in total. The van der Waals surface area contributed by atoms with Gasteiger partial charge in [0.15, 0.2) is 0 Å². The lowest BCUT2D eigenvalue weighted by atomic mass is 9.96. The summed E-state index contributed by atoms with van der Waals surface area (Å²) in [6.07, 6.45) is 1.27. The molecule has 0 radical (unpaired) electrons. The molecule has 0 saturated heterocycles. The van der Waals surface area contributed by atoms with E-state index < -0.39 is 17.5 Å². The Morgan fingerprint density at radius 2 is 1.24 bits per heavy atom. The summed E-state index contributed by atoms with van der Waals surface area (Å²) in [5, 5.41) is 0.276. The highest BCUT2D eigenvalue weighted by Gasteiger charge is 2.16. The van der Waals surface area contributed by atoms with E-state index in [1.807, 2.05) is 13.0 Å². The van der Waals surface area contributed by atoms with E-state index in [1.165, 1.54) is 31.2 Å². The molecule has 0 unspecified atom stereocenters. The van der Waals surface area contributed by atoms with Gasteiger partial charge >= 0.3 is 0 Å². The van der Waals surface area contributed by atoms with Crippen molar-refractivity contribution in [1.82, 2.24) is 0 Å². The van der Waals surface area contributed by atoms with Crippen LogP contribution < -0.4 is 0 Å². The average Bonchev–Trinajstić information content (AvgIpc) is 2.68. The molecule has 0 aliphatic heterocycles. The third kappa shape index (κ3) is 4.64. The largest absolute Gasteiger partial charge is 0.207 e. The summed E-state index contributed by atoms with van der Waals surface area (Å²) in [5.74, 6) is -1.97. The number of aryl methyl sites for hydroxylation is 3. The van der Waals surface area contributed by atoms with E-state index >= 15 is 0 Å². The molecule has 0 fully saturated rings. The van der Waals surface area contributed by atoms with Gasteiger partial charge in [0, 0.05) is 16.1 Å². The van der Waals surface area contributed by atoms with Crippen molar-refractivity contribution in [1.29, 1.82) is 0 Å². The molecule has 0 heterocycles. The standard InChI is InChI=1S/C24H21ClF4/c1-14-4-3-5-21(27)18(14)10-6-16-8-13-22(28)19(23(16)25)11-7-17-9-12-20(26)15(2)24(17)29/h3-5,8-9,12-13H,6-7,10-11H2,1-2H3. The molecule has 0 atom stereocenters. The van der Waals surface area contributed by atoms with Crippen LogP contribution in [-0.4, -0.2) is 0 Å². The second kappa shape index (κ2) is 9.00. The molecule has 29 heavy (non-hydrogen) atoms. The third-order valence-corrected chi connectivity index (χ3v) is 5.78. The first kappa shape index (κ1) is 21.4. The van der Waals surface area contributed by atoms with Gasteiger partial charge in [-0.15, -0.1) is 0 Å². The summed E-state index contributed by atoms with van der Waals surface area (Å²) in [7, 11) is 0. The number of hydrogen-bond acceptors (Lipinski definition) is 0.